The summed E-state index contributed by atoms with van der Waals surface area (Å²) >= 11 is 0. The van der Waals surface area contributed by atoms with Crippen LogP contribution in [0.5, 0.6) is 0 Å². The van der Waals surface area contributed by atoms with Crippen molar-refractivity contribution in [3.63, 3.8) is 0 Å². The molecular weight excluding hydrogens is 208 g/mol. The Labute approximate surface area is 82.5 Å². The monoisotopic (exact) mass is 222 g/mol. The van der Waals surface area contributed by atoms with Crippen molar-refractivity contribution in [3.8, 4) is 0 Å². The Morgan fingerprint density at radius 3 is 2.57 bits per heavy atom. The molecule has 14 heavy (non-hydrogen) atoms. The molecule has 6 nitrogen and oxygen atoms in total. The van der Waals surface area contributed by atoms with Gasteiger partial charge in [0.1, 0.15) is 0 Å². The Morgan fingerprint density at radius 1 is 1.57 bits per heavy atom. The first-order valence-electron chi connectivity index (χ1n) is 4.35. The molecule has 0 bridgehead atoms. The topological polar surface area (TPSA) is 109 Å². The summed E-state index contributed by atoms with van der Waals surface area (Å²) in [5.41, 5.74) is 5.64. The zero-order chi connectivity index (χ0) is 10.8. The first kappa shape index (κ1) is 11.4. The molecular formula is C7H14N2O4S. The van der Waals surface area contributed by atoms with Crippen LogP contribution in [0.3, 0.4) is 0 Å². The Balaban J connectivity index is 2.31. The average molecular weight is 222 g/mol. The van der Waals surface area contributed by atoms with Gasteiger partial charge in [-0.3, -0.25) is 4.79 Å². The summed E-state index contributed by atoms with van der Waals surface area (Å²) < 4.78 is 24.3. The number of nitrogens with two attached hydrogens (primary N) is 1. The molecule has 0 aromatic rings. The van der Waals surface area contributed by atoms with Crippen molar-refractivity contribution in [2.24, 2.45) is 11.7 Å². The highest BCUT2D eigenvalue weighted by Gasteiger charge is 2.29. The Kier molecular flexibility index (Phi) is 3.46. The average Bonchev–Trinajstić information content (AvgIpc) is 2.79. The molecule has 1 atom stereocenters. The molecule has 0 aromatic heterocycles. The third kappa shape index (κ3) is 4.03. The van der Waals surface area contributed by atoms with Gasteiger partial charge in [-0.1, -0.05) is 0 Å². The zero-order valence-corrected chi connectivity index (χ0v) is 8.46. The molecule has 1 saturated carbocycles. The van der Waals surface area contributed by atoms with Crippen LogP contribution in [0.25, 0.3) is 0 Å². The maximum absolute atomic E-state index is 11.0. The van der Waals surface area contributed by atoms with Gasteiger partial charge in [-0.15, -0.1) is 0 Å². The van der Waals surface area contributed by atoms with Crippen LogP contribution < -0.4 is 10.5 Å². The molecule has 0 aliphatic heterocycles. The maximum atomic E-state index is 11.0. The van der Waals surface area contributed by atoms with Crippen molar-refractivity contribution in [1.82, 2.24) is 4.72 Å². The van der Waals surface area contributed by atoms with Crippen LogP contribution in [0, 0.1) is 5.92 Å². The van der Waals surface area contributed by atoms with Gasteiger partial charge in [-0.05, 0) is 18.8 Å². The van der Waals surface area contributed by atoms with Gasteiger partial charge in [0.15, 0.2) is 5.75 Å². The van der Waals surface area contributed by atoms with Crippen molar-refractivity contribution < 1.29 is 18.3 Å². The van der Waals surface area contributed by atoms with Gasteiger partial charge >= 0.3 is 5.97 Å². The summed E-state index contributed by atoms with van der Waals surface area (Å²) in [5, 5.41) is 8.29. The second kappa shape index (κ2) is 4.24. The summed E-state index contributed by atoms with van der Waals surface area (Å²) in [7, 11) is -3.71. The molecule has 7 heteroatoms. The molecule has 1 rings (SSSR count). The van der Waals surface area contributed by atoms with E-state index >= 15 is 0 Å². The predicted octanol–water partition coefficient (Wildman–Crippen LogP) is -1.27. The summed E-state index contributed by atoms with van der Waals surface area (Å²) in [5.74, 6) is -1.87. The lowest BCUT2D eigenvalue weighted by atomic mass is 10.2. The maximum Gasteiger partial charge on any atom is 0.320 e. The van der Waals surface area contributed by atoms with Crippen LogP contribution in [-0.2, 0) is 14.8 Å². The van der Waals surface area contributed by atoms with E-state index in [2.05, 4.69) is 4.72 Å². The van der Waals surface area contributed by atoms with Gasteiger partial charge in [0.2, 0.25) is 10.0 Å². The normalized spacial score (nSPS) is 19.2. The molecule has 1 unspecified atom stereocenters. The molecule has 0 radical (unpaired) electrons. The highest BCUT2D eigenvalue weighted by molar-refractivity contribution is 7.90. The standard InChI is InChI=1S/C7H14N2O4S/c8-6(5-1-2-5)3-9-14(12,13)4-7(10)11/h5-6,9H,1-4,8H2,(H,10,11). The van der Waals surface area contributed by atoms with Gasteiger partial charge in [-0.2, -0.15) is 0 Å². The van der Waals surface area contributed by atoms with E-state index in [9.17, 15) is 13.2 Å². The second-order valence-corrected chi connectivity index (χ2v) is 5.31. The fourth-order valence-corrected chi connectivity index (χ4v) is 2.00. The van der Waals surface area contributed by atoms with Gasteiger partial charge in [-0.25, -0.2) is 13.1 Å². The van der Waals surface area contributed by atoms with E-state index in [4.69, 9.17) is 10.8 Å². The second-order valence-electron chi connectivity index (χ2n) is 3.50. The van der Waals surface area contributed by atoms with Crippen LogP contribution in [0.4, 0.5) is 0 Å². The molecule has 0 saturated heterocycles. The smallest absolute Gasteiger partial charge is 0.320 e. The fourth-order valence-electron chi connectivity index (χ4n) is 1.13. The zero-order valence-electron chi connectivity index (χ0n) is 7.64. The summed E-state index contributed by atoms with van der Waals surface area (Å²) in [6.45, 7) is 0.125. The van der Waals surface area contributed by atoms with Gasteiger partial charge < -0.3 is 10.8 Å². The van der Waals surface area contributed by atoms with Gasteiger partial charge in [0.25, 0.3) is 0 Å². The summed E-state index contributed by atoms with van der Waals surface area (Å²) in [6, 6.07) is -0.196. The Morgan fingerprint density at radius 2 is 2.14 bits per heavy atom. The Bertz CT molecular complexity index is 310. The van der Waals surface area contributed by atoms with E-state index in [1.807, 2.05) is 0 Å². The molecule has 0 heterocycles. The van der Waals surface area contributed by atoms with Gasteiger partial charge in [0.05, 0.1) is 0 Å². The molecule has 4 N–H and O–H groups in total. The summed E-state index contributed by atoms with van der Waals surface area (Å²) in [6.07, 6.45) is 2.06. The largest absolute Gasteiger partial charge is 0.480 e. The minimum Gasteiger partial charge on any atom is -0.480 e. The highest BCUT2D eigenvalue weighted by Crippen LogP contribution is 2.31. The number of carboxylic acid groups (broad SMARTS) is 1. The first-order valence-corrected chi connectivity index (χ1v) is 6.00. The van der Waals surface area contributed by atoms with E-state index < -0.39 is 21.7 Å². The molecule has 82 valence electrons. The third-order valence-electron chi connectivity index (χ3n) is 2.08. The minimum absolute atomic E-state index is 0.125. The van der Waals surface area contributed by atoms with Crippen molar-refractivity contribution >= 4 is 16.0 Å². The van der Waals surface area contributed by atoms with Crippen LogP contribution in [0.2, 0.25) is 0 Å². The number of carbonyl (C=O) groups is 1. The van der Waals surface area contributed by atoms with Crippen LogP contribution in [0.15, 0.2) is 0 Å². The van der Waals surface area contributed by atoms with E-state index in [1.54, 1.807) is 0 Å². The van der Waals surface area contributed by atoms with Crippen molar-refractivity contribution in [3.05, 3.63) is 0 Å². The van der Waals surface area contributed by atoms with Gasteiger partial charge in [0, 0.05) is 12.6 Å². The number of aliphatic carboxylic acids is 1. The van der Waals surface area contributed by atoms with E-state index in [1.165, 1.54) is 0 Å². The number of hydrogen-bond donors (Lipinski definition) is 3. The summed E-state index contributed by atoms with van der Waals surface area (Å²) in [4.78, 5) is 10.2. The number of rotatable bonds is 6. The van der Waals surface area contributed by atoms with E-state index in [0.717, 1.165) is 12.8 Å². The third-order valence-corrected chi connectivity index (χ3v) is 3.31. The van der Waals surface area contributed by atoms with Crippen molar-refractivity contribution in [2.75, 3.05) is 12.3 Å². The minimum atomic E-state index is -3.71. The van der Waals surface area contributed by atoms with E-state index in [-0.39, 0.29) is 12.6 Å². The first-order chi connectivity index (χ1) is 6.41. The number of carboxylic acids is 1. The van der Waals surface area contributed by atoms with Crippen LogP contribution >= 0.6 is 0 Å². The molecule has 0 aromatic carbocycles. The fraction of sp³-hybridized carbons (Fsp3) is 0.857. The number of sulfonamides is 1. The predicted molar refractivity (Wildman–Crippen MR) is 50.1 cm³/mol. The molecule has 1 aliphatic rings. The Hall–Kier alpha value is -0.660. The number of nitrogens with one attached hydrogen (secondary N) is 1. The lowest BCUT2D eigenvalue weighted by Gasteiger charge is -2.10. The molecule has 1 fully saturated rings. The molecule has 0 spiro atoms. The van der Waals surface area contributed by atoms with Crippen LogP contribution in [-0.4, -0.2) is 37.8 Å². The van der Waals surface area contributed by atoms with Crippen LogP contribution in [0.1, 0.15) is 12.8 Å². The lowest BCUT2D eigenvalue weighted by molar-refractivity contribution is -0.134. The van der Waals surface area contributed by atoms with Crippen molar-refractivity contribution in [1.29, 1.82) is 0 Å². The SMILES string of the molecule is NC(CNS(=O)(=O)CC(=O)O)C1CC1. The highest BCUT2D eigenvalue weighted by atomic mass is 32.2. The van der Waals surface area contributed by atoms with E-state index in [0.29, 0.717) is 5.92 Å². The molecule has 1 aliphatic carbocycles. The molecule has 0 amide bonds. The number of hydrogen-bond acceptors (Lipinski definition) is 4. The quantitative estimate of drug-likeness (QED) is 0.519. The lowest BCUT2D eigenvalue weighted by Crippen LogP contribution is -2.40. The van der Waals surface area contributed by atoms with Crippen molar-refractivity contribution in [2.45, 2.75) is 18.9 Å².